The second-order valence-corrected chi connectivity index (χ2v) is 4.47. The lowest BCUT2D eigenvalue weighted by atomic mass is 10.1. The van der Waals surface area contributed by atoms with Gasteiger partial charge in [0.2, 0.25) is 0 Å². The van der Waals surface area contributed by atoms with E-state index in [4.69, 9.17) is 15.7 Å². The number of hydrogen-bond acceptors (Lipinski definition) is 4. The van der Waals surface area contributed by atoms with E-state index in [9.17, 15) is 0 Å². The van der Waals surface area contributed by atoms with E-state index in [0.29, 0.717) is 11.3 Å². The third kappa shape index (κ3) is 2.16. The Balaban J connectivity index is 2.29. The second kappa shape index (κ2) is 5.16. The quantitative estimate of drug-likeness (QED) is 0.333. The molecule has 1 aromatic heterocycles. The van der Waals surface area contributed by atoms with Crippen molar-refractivity contribution in [3.63, 3.8) is 0 Å². The van der Waals surface area contributed by atoms with Crippen LogP contribution < -0.4 is 10.5 Å². The molecular weight excluding hydrogens is 268 g/mol. The van der Waals surface area contributed by atoms with Crippen LogP contribution in [-0.2, 0) is 0 Å². The fourth-order valence-electron chi connectivity index (χ4n) is 2.26. The van der Waals surface area contributed by atoms with Crippen molar-refractivity contribution in [1.29, 1.82) is 0 Å². The zero-order chi connectivity index (χ0) is 14.8. The summed E-state index contributed by atoms with van der Waals surface area (Å²) in [6, 6.07) is 13.1. The summed E-state index contributed by atoms with van der Waals surface area (Å²) in [5.74, 6) is 0.711. The van der Waals surface area contributed by atoms with Gasteiger partial charge in [-0.15, -0.1) is 0 Å². The van der Waals surface area contributed by atoms with E-state index in [-0.39, 0.29) is 5.84 Å². The number of nitrogens with zero attached hydrogens (tertiary/aromatic N) is 3. The molecule has 0 bridgehead atoms. The number of nitrogens with two attached hydrogens (primary N) is 1. The van der Waals surface area contributed by atoms with Crippen molar-refractivity contribution in [1.82, 2.24) is 9.55 Å². The minimum Gasteiger partial charge on any atom is -0.497 e. The average Bonchev–Trinajstić information content (AvgIpc) is 2.97. The maximum atomic E-state index is 8.96. The van der Waals surface area contributed by atoms with Gasteiger partial charge in [0.15, 0.2) is 5.84 Å². The first-order valence-corrected chi connectivity index (χ1v) is 6.33. The molecule has 0 radical (unpaired) electrons. The molecule has 0 saturated heterocycles. The summed E-state index contributed by atoms with van der Waals surface area (Å²) in [4.78, 5) is 4.36. The molecule has 0 atom stereocenters. The van der Waals surface area contributed by atoms with E-state index in [1.807, 2.05) is 34.9 Å². The van der Waals surface area contributed by atoms with Crippen LogP contribution in [0.4, 0.5) is 0 Å². The van der Waals surface area contributed by atoms with Crippen LogP contribution in [0, 0.1) is 0 Å². The number of para-hydroxylation sites is 2. The minimum absolute atomic E-state index is 0.0328. The van der Waals surface area contributed by atoms with Gasteiger partial charge in [-0.1, -0.05) is 17.3 Å². The molecule has 3 rings (SSSR count). The van der Waals surface area contributed by atoms with E-state index >= 15 is 0 Å². The van der Waals surface area contributed by atoms with Gasteiger partial charge in [-0.3, -0.25) is 4.57 Å². The van der Waals surface area contributed by atoms with E-state index in [1.165, 1.54) is 0 Å². The first-order chi connectivity index (χ1) is 10.2. The van der Waals surface area contributed by atoms with Gasteiger partial charge >= 0.3 is 0 Å². The van der Waals surface area contributed by atoms with E-state index in [0.717, 1.165) is 16.7 Å². The smallest absolute Gasteiger partial charge is 0.172 e. The molecule has 6 heteroatoms. The van der Waals surface area contributed by atoms with Crippen LogP contribution in [0.1, 0.15) is 5.56 Å². The molecule has 106 valence electrons. The fraction of sp³-hybridized carbons (Fsp3) is 0.0667. The monoisotopic (exact) mass is 282 g/mol. The number of hydrogen-bond donors (Lipinski definition) is 2. The van der Waals surface area contributed by atoms with Gasteiger partial charge in [0.05, 0.1) is 23.8 Å². The standard InChI is InChI=1S/C15H14N4O2/c1-21-10-6-7-11(15(16)18-20)14(8-10)19-9-17-12-4-2-3-5-13(12)19/h2-9,20H,1H3,(H2,16,18). The average molecular weight is 282 g/mol. The predicted octanol–water partition coefficient (Wildman–Crippen LogP) is 2.13. The summed E-state index contributed by atoms with van der Waals surface area (Å²) in [7, 11) is 1.59. The fourth-order valence-corrected chi connectivity index (χ4v) is 2.26. The van der Waals surface area contributed by atoms with Crippen molar-refractivity contribution >= 4 is 16.9 Å². The lowest BCUT2D eigenvalue weighted by Crippen LogP contribution is -2.16. The highest BCUT2D eigenvalue weighted by Gasteiger charge is 2.13. The zero-order valence-corrected chi connectivity index (χ0v) is 11.4. The van der Waals surface area contributed by atoms with Gasteiger partial charge in [-0.05, 0) is 24.3 Å². The first-order valence-electron chi connectivity index (χ1n) is 6.33. The molecule has 2 aromatic carbocycles. The Morgan fingerprint density at radius 3 is 2.86 bits per heavy atom. The van der Waals surface area contributed by atoms with Crippen LogP contribution in [-0.4, -0.2) is 27.7 Å². The Morgan fingerprint density at radius 1 is 1.29 bits per heavy atom. The number of aromatic nitrogens is 2. The number of amidine groups is 1. The van der Waals surface area contributed by atoms with Crippen LogP contribution in [0.5, 0.6) is 5.75 Å². The number of oxime groups is 1. The van der Waals surface area contributed by atoms with Gasteiger partial charge in [-0.2, -0.15) is 0 Å². The lowest BCUT2D eigenvalue weighted by Gasteiger charge is -2.12. The van der Waals surface area contributed by atoms with Crippen LogP contribution in [0.3, 0.4) is 0 Å². The Bertz CT molecular complexity index is 823. The normalized spacial score (nSPS) is 11.8. The maximum Gasteiger partial charge on any atom is 0.172 e. The van der Waals surface area contributed by atoms with Gasteiger partial charge in [0.25, 0.3) is 0 Å². The Hall–Kier alpha value is -3.02. The zero-order valence-electron chi connectivity index (χ0n) is 11.4. The minimum atomic E-state index is 0.0328. The SMILES string of the molecule is COc1ccc(/C(N)=N/O)c(-n2cnc3ccccc32)c1. The molecule has 0 amide bonds. The summed E-state index contributed by atoms with van der Waals surface area (Å²) in [5, 5.41) is 12.0. The van der Waals surface area contributed by atoms with Crippen LogP contribution in [0.15, 0.2) is 53.9 Å². The number of benzene rings is 2. The second-order valence-electron chi connectivity index (χ2n) is 4.47. The van der Waals surface area contributed by atoms with Gasteiger partial charge < -0.3 is 15.7 Å². The summed E-state index contributed by atoms with van der Waals surface area (Å²) < 4.78 is 7.14. The molecule has 1 heterocycles. The van der Waals surface area contributed by atoms with Crippen LogP contribution >= 0.6 is 0 Å². The van der Waals surface area contributed by atoms with E-state index in [1.54, 1.807) is 25.6 Å². The van der Waals surface area contributed by atoms with Crippen LogP contribution in [0.2, 0.25) is 0 Å². The number of methoxy groups -OCH3 is 1. The number of rotatable bonds is 3. The molecule has 0 spiro atoms. The van der Waals surface area contributed by atoms with Crippen molar-refractivity contribution in [2.45, 2.75) is 0 Å². The highest BCUT2D eigenvalue weighted by atomic mass is 16.5. The van der Waals surface area contributed by atoms with Gasteiger partial charge in [0.1, 0.15) is 12.1 Å². The summed E-state index contributed by atoms with van der Waals surface area (Å²) in [6.07, 6.45) is 1.70. The molecule has 0 aliphatic carbocycles. The molecule has 0 fully saturated rings. The molecule has 21 heavy (non-hydrogen) atoms. The van der Waals surface area contributed by atoms with Crippen molar-refractivity contribution in [3.8, 4) is 11.4 Å². The number of ether oxygens (including phenoxy) is 1. The van der Waals surface area contributed by atoms with Crippen LogP contribution in [0.25, 0.3) is 16.7 Å². The third-order valence-corrected chi connectivity index (χ3v) is 3.30. The Kier molecular flexibility index (Phi) is 3.19. The molecular formula is C15H14N4O2. The lowest BCUT2D eigenvalue weighted by molar-refractivity contribution is 0.318. The van der Waals surface area contributed by atoms with Crippen molar-refractivity contribution in [2.24, 2.45) is 10.9 Å². The van der Waals surface area contributed by atoms with Crippen molar-refractivity contribution in [3.05, 3.63) is 54.4 Å². The molecule has 0 aliphatic heterocycles. The predicted molar refractivity (Wildman–Crippen MR) is 80.1 cm³/mol. The maximum absolute atomic E-state index is 8.96. The highest BCUT2D eigenvalue weighted by Crippen LogP contribution is 2.25. The molecule has 3 N–H and O–H groups in total. The molecule has 6 nitrogen and oxygen atoms in total. The molecule has 0 unspecified atom stereocenters. The largest absolute Gasteiger partial charge is 0.497 e. The Labute approximate surface area is 121 Å². The van der Waals surface area contributed by atoms with Crippen molar-refractivity contribution < 1.29 is 9.94 Å². The molecule has 3 aromatic rings. The van der Waals surface area contributed by atoms with E-state index in [2.05, 4.69) is 10.1 Å². The summed E-state index contributed by atoms with van der Waals surface area (Å²) in [6.45, 7) is 0. The topological polar surface area (TPSA) is 85.7 Å². The Morgan fingerprint density at radius 2 is 2.10 bits per heavy atom. The third-order valence-electron chi connectivity index (χ3n) is 3.30. The van der Waals surface area contributed by atoms with Gasteiger partial charge in [0, 0.05) is 11.6 Å². The number of fused-ring (bicyclic) bond motifs is 1. The first kappa shape index (κ1) is 13.0. The molecule has 0 saturated carbocycles. The number of imidazole rings is 1. The molecule has 0 aliphatic rings. The summed E-state index contributed by atoms with van der Waals surface area (Å²) in [5.41, 5.74) is 8.89. The van der Waals surface area contributed by atoms with Gasteiger partial charge in [-0.25, -0.2) is 4.98 Å². The van der Waals surface area contributed by atoms with E-state index < -0.39 is 0 Å². The summed E-state index contributed by atoms with van der Waals surface area (Å²) >= 11 is 0. The highest BCUT2D eigenvalue weighted by molar-refractivity contribution is 6.01. The van der Waals surface area contributed by atoms with Crippen molar-refractivity contribution in [2.75, 3.05) is 7.11 Å².